The first-order valence-corrected chi connectivity index (χ1v) is 15.5. The fourth-order valence-electron chi connectivity index (χ4n) is 5.62. The normalized spacial score (nSPS) is 20.2. The van der Waals surface area contributed by atoms with E-state index in [1.54, 1.807) is 35.1 Å². The minimum absolute atomic E-state index is 0.0853. The monoisotopic (exact) mass is 567 g/mol. The van der Waals surface area contributed by atoms with Gasteiger partial charge < -0.3 is 20.6 Å². The summed E-state index contributed by atoms with van der Waals surface area (Å²) >= 11 is 0. The maximum Gasteiger partial charge on any atom is 0.258 e. The summed E-state index contributed by atoms with van der Waals surface area (Å²) < 4.78 is 29.0. The number of sulfonamides is 1. The fraction of sp³-hybridized carbons (Fsp3) is 0.464. The third-order valence-corrected chi connectivity index (χ3v) is 8.88. The topological polar surface area (TPSA) is 141 Å². The number of fused-ring (bicyclic) bond motifs is 6. The van der Waals surface area contributed by atoms with Crippen LogP contribution in [-0.2, 0) is 10.0 Å². The number of amides is 1. The third-order valence-electron chi connectivity index (χ3n) is 7.61. The Labute approximate surface area is 235 Å². The van der Waals surface area contributed by atoms with Gasteiger partial charge in [-0.05, 0) is 67.5 Å². The number of piperidine rings is 1. The molecule has 1 aromatic carbocycles. The summed E-state index contributed by atoms with van der Waals surface area (Å²) in [4.78, 5) is 20.6. The van der Waals surface area contributed by atoms with Crippen LogP contribution in [0.4, 0.5) is 23.0 Å². The van der Waals surface area contributed by atoms with Gasteiger partial charge in [0.15, 0.2) is 5.82 Å². The van der Waals surface area contributed by atoms with E-state index in [2.05, 4.69) is 32.3 Å². The summed E-state index contributed by atoms with van der Waals surface area (Å²) in [5.41, 5.74) is 2.34. The van der Waals surface area contributed by atoms with E-state index in [9.17, 15) is 13.2 Å². The Morgan fingerprint density at radius 3 is 2.75 bits per heavy atom. The van der Waals surface area contributed by atoms with Gasteiger partial charge in [-0.25, -0.2) is 18.1 Å². The Kier molecular flexibility index (Phi) is 8.27. The molecule has 0 radical (unpaired) electrons. The van der Waals surface area contributed by atoms with E-state index in [1.807, 2.05) is 18.3 Å². The maximum atomic E-state index is 13.7. The highest BCUT2D eigenvalue weighted by Crippen LogP contribution is 2.38. The number of nitrogens with zero attached hydrogens (tertiary/aromatic N) is 4. The van der Waals surface area contributed by atoms with Crippen molar-refractivity contribution in [2.24, 2.45) is 5.41 Å². The first-order chi connectivity index (χ1) is 19.3. The van der Waals surface area contributed by atoms with Crippen LogP contribution < -0.4 is 20.3 Å². The van der Waals surface area contributed by atoms with Crippen molar-refractivity contribution in [2.75, 3.05) is 52.2 Å². The molecule has 2 aliphatic heterocycles. The summed E-state index contributed by atoms with van der Waals surface area (Å²) in [5.74, 6) is 0.306. The molecule has 1 saturated heterocycles. The number of hydrogen-bond donors (Lipinski definition) is 4. The second kappa shape index (κ2) is 11.8. The van der Waals surface area contributed by atoms with Gasteiger partial charge >= 0.3 is 0 Å². The van der Waals surface area contributed by atoms with Gasteiger partial charge in [0.25, 0.3) is 5.91 Å². The van der Waals surface area contributed by atoms with Gasteiger partial charge in [-0.3, -0.25) is 9.52 Å². The molecular weight excluding hydrogens is 530 g/mol. The summed E-state index contributed by atoms with van der Waals surface area (Å²) in [7, 11) is -3.72. The Hall–Kier alpha value is -3.64. The van der Waals surface area contributed by atoms with Gasteiger partial charge in [0, 0.05) is 32.0 Å². The van der Waals surface area contributed by atoms with E-state index in [0.29, 0.717) is 28.6 Å². The van der Waals surface area contributed by atoms with E-state index in [-0.39, 0.29) is 11.3 Å². The average molecular weight is 568 g/mol. The first-order valence-electron chi connectivity index (χ1n) is 13.8. The molecule has 40 heavy (non-hydrogen) atoms. The minimum Gasteiger partial charge on any atom is -0.395 e. The van der Waals surface area contributed by atoms with Crippen molar-refractivity contribution in [3.05, 3.63) is 54.4 Å². The zero-order valence-electron chi connectivity index (χ0n) is 22.8. The average Bonchev–Trinajstić information content (AvgIpc) is 3.45. The van der Waals surface area contributed by atoms with E-state index >= 15 is 0 Å². The van der Waals surface area contributed by atoms with E-state index in [4.69, 9.17) is 10.1 Å². The lowest BCUT2D eigenvalue weighted by Gasteiger charge is -2.42. The number of pyridine rings is 1. The standard InChI is InChI=1S/C28H37N7O4S/c1-28-11-3-2-4-13-29-26-23(35-16-6-14-30-35)9-10-25(31-26)32-27(37)22-8-7-21(33-40(38,39)18-17-36)19-24(22)34(20-28)15-5-12-28/h6-10,14,16,19,33,36H,2-5,11-13,15,17-18,20H2,1H3,(H2,29,31,32,37)/t28-/m0/s1. The van der Waals surface area contributed by atoms with Crippen molar-refractivity contribution in [3.8, 4) is 5.69 Å². The molecule has 0 saturated carbocycles. The molecule has 4 bridgehead atoms. The number of benzene rings is 1. The van der Waals surface area contributed by atoms with Crippen LogP contribution in [0.25, 0.3) is 5.69 Å². The van der Waals surface area contributed by atoms with Gasteiger partial charge in [-0.15, -0.1) is 0 Å². The molecule has 0 unspecified atom stereocenters. The first kappa shape index (κ1) is 27.9. The van der Waals surface area contributed by atoms with Gasteiger partial charge in [0.05, 0.1) is 29.3 Å². The van der Waals surface area contributed by atoms with E-state index in [1.165, 1.54) is 0 Å². The van der Waals surface area contributed by atoms with E-state index in [0.717, 1.165) is 63.8 Å². The number of nitrogens with one attached hydrogen (secondary N) is 3. The summed E-state index contributed by atoms with van der Waals surface area (Å²) in [5, 5.41) is 19.9. The quantitative estimate of drug-likeness (QED) is 0.364. The molecule has 0 aliphatic carbocycles. The molecule has 4 heterocycles. The van der Waals surface area contributed by atoms with Crippen molar-refractivity contribution >= 4 is 38.9 Å². The molecule has 2 aromatic heterocycles. The van der Waals surface area contributed by atoms with Crippen LogP contribution in [0.3, 0.4) is 0 Å². The second-order valence-electron chi connectivity index (χ2n) is 10.9. The molecule has 1 atom stereocenters. The molecule has 12 heteroatoms. The van der Waals surface area contributed by atoms with Crippen LogP contribution in [0.5, 0.6) is 0 Å². The number of anilines is 4. The van der Waals surface area contributed by atoms with E-state index < -0.39 is 22.4 Å². The lowest BCUT2D eigenvalue weighted by Crippen LogP contribution is -2.42. The molecule has 4 N–H and O–H groups in total. The number of aliphatic hydroxyl groups is 1. The smallest absolute Gasteiger partial charge is 0.258 e. The van der Waals surface area contributed by atoms with Crippen LogP contribution in [0, 0.1) is 5.41 Å². The molecular formula is C28H37N7O4S. The zero-order valence-corrected chi connectivity index (χ0v) is 23.6. The van der Waals surface area contributed by atoms with Crippen molar-refractivity contribution in [1.82, 2.24) is 14.8 Å². The van der Waals surface area contributed by atoms with Gasteiger partial charge in [0.1, 0.15) is 11.5 Å². The highest BCUT2D eigenvalue weighted by molar-refractivity contribution is 7.92. The van der Waals surface area contributed by atoms with Crippen LogP contribution in [0.1, 0.15) is 55.8 Å². The highest BCUT2D eigenvalue weighted by atomic mass is 32.2. The van der Waals surface area contributed by atoms with Crippen LogP contribution in [-0.4, -0.2) is 66.2 Å². The summed E-state index contributed by atoms with van der Waals surface area (Å²) in [6.07, 6.45) is 9.90. The van der Waals surface area contributed by atoms with Crippen LogP contribution >= 0.6 is 0 Å². The Morgan fingerprint density at radius 1 is 1.10 bits per heavy atom. The number of aromatic nitrogens is 3. The molecule has 11 nitrogen and oxygen atoms in total. The van der Waals surface area contributed by atoms with Crippen LogP contribution in [0.2, 0.25) is 0 Å². The number of carbonyl (C=O) groups excluding carboxylic acids is 1. The highest BCUT2D eigenvalue weighted by Gasteiger charge is 2.32. The Morgan fingerprint density at radius 2 is 1.95 bits per heavy atom. The summed E-state index contributed by atoms with van der Waals surface area (Å²) in [6, 6.07) is 10.4. The SMILES string of the molecule is C[C@]12CCCCCNc3nc(ccc3-n3cccn3)NC(=O)c3ccc(NS(=O)(=O)CCO)cc3N(CCC1)C2. The van der Waals surface area contributed by atoms with Crippen LogP contribution in [0.15, 0.2) is 48.8 Å². The van der Waals surface area contributed by atoms with Crippen molar-refractivity contribution in [3.63, 3.8) is 0 Å². The molecule has 5 rings (SSSR count). The lowest BCUT2D eigenvalue weighted by atomic mass is 9.77. The molecule has 2 aliphatic rings. The number of carbonyl (C=O) groups is 1. The maximum absolute atomic E-state index is 13.7. The Balaban J connectivity index is 1.53. The summed E-state index contributed by atoms with van der Waals surface area (Å²) in [6.45, 7) is 4.14. The minimum atomic E-state index is -3.72. The number of hydrogen-bond acceptors (Lipinski definition) is 8. The van der Waals surface area contributed by atoms with Crippen molar-refractivity contribution < 1.29 is 18.3 Å². The predicted molar refractivity (Wildman–Crippen MR) is 157 cm³/mol. The third kappa shape index (κ3) is 6.56. The van der Waals surface area contributed by atoms with Gasteiger partial charge in [-0.1, -0.05) is 19.8 Å². The largest absolute Gasteiger partial charge is 0.395 e. The van der Waals surface area contributed by atoms with Gasteiger partial charge in [-0.2, -0.15) is 5.10 Å². The fourth-order valence-corrected chi connectivity index (χ4v) is 6.44. The molecule has 1 fully saturated rings. The molecule has 214 valence electrons. The molecule has 3 aromatic rings. The van der Waals surface area contributed by atoms with Gasteiger partial charge in [0.2, 0.25) is 10.0 Å². The Bertz CT molecular complexity index is 1440. The zero-order chi connectivity index (χ0) is 28.2. The molecule has 1 amide bonds. The van der Waals surface area contributed by atoms with Crippen molar-refractivity contribution in [1.29, 1.82) is 0 Å². The number of aliphatic hydroxyl groups excluding tert-OH is 1. The van der Waals surface area contributed by atoms with Crippen molar-refractivity contribution in [2.45, 2.75) is 45.4 Å². The second-order valence-corrected chi connectivity index (χ2v) is 12.8. The lowest BCUT2D eigenvalue weighted by molar-refractivity contribution is 0.102. The number of rotatable bonds is 5. The predicted octanol–water partition coefficient (Wildman–Crippen LogP) is 3.85. The molecule has 0 spiro atoms.